The first-order valence-electron chi connectivity index (χ1n) is 6.64. The molecule has 2 aromatic carbocycles. The van der Waals surface area contributed by atoms with Gasteiger partial charge in [0.15, 0.2) is 0 Å². The highest BCUT2D eigenvalue weighted by Gasteiger charge is 2.07. The van der Waals surface area contributed by atoms with E-state index in [9.17, 15) is 14.0 Å². The van der Waals surface area contributed by atoms with Gasteiger partial charge < -0.3 is 10.6 Å². The molecule has 0 fully saturated rings. The van der Waals surface area contributed by atoms with Crippen molar-refractivity contribution in [1.82, 2.24) is 10.6 Å². The fraction of sp³-hybridized carbons (Fsp3) is 0.125. The quantitative estimate of drug-likeness (QED) is 0.832. The maximum absolute atomic E-state index is 12.7. The van der Waals surface area contributed by atoms with Crippen molar-refractivity contribution < 1.29 is 14.0 Å². The van der Waals surface area contributed by atoms with E-state index in [1.165, 1.54) is 24.3 Å². The summed E-state index contributed by atoms with van der Waals surface area (Å²) < 4.78 is 12.7. The number of carbonyl (C=O) groups excluding carboxylic acids is 2. The minimum atomic E-state index is -0.398. The van der Waals surface area contributed by atoms with E-state index in [0.29, 0.717) is 16.1 Å². The highest BCUT2D eigenvalue weighted by Crippen LogP contribution is 2.10. The second kappa shape index (κ2) is 7.56. The Morgan fingerprint density at radius 3 is 2.09 bits per heavy atom. The fourth-order valence-electron chi connectivity index (χ4n) is 1.79. The van der Waals surface area contributed by atoms with Crippen LogP contribution in [0.2, 0.25) is 5.02 Å². The van der Waals surface area contributed by atoms with Crippen LogP contribution in [0.3, 0.4) is 0 Å². The lowest BCUT2D eigenvalue weighted by molar-refractivity contribution is 0.0927. The van der Waals surface area contributed by atoms with Crippen LogP contribution in [0.25, 0.3) is 0 Å². The molecule has 4 nitrogen and oxygen atoms in total. The molecule has 0 spiro atoms. The van der Waals surface area contributed by atoms with E-state index in [-0.39, 0.29) is 24.9 Å². The zero-order chi connectivity index (χ0) is 15.9. The molecule has 0 aliphatic heterocycles. The summed E-state index contributed by atoms with van der Waals surface area (Å²) in [7, 11) is 0. The Kier molecular flexibility index (Phi) is 5.49. The van der Waals surface area contributed by atoms with E-state index in [2.05, 4.69) is 10.6 Å². The van der Waals surface area contributed by atoms with Gasteiger partial charge >= 0.3 is 0 Å². The molecule has 0 saturated heterocycles. The van der Waals surface area contributed by atoms with Crippen LogP contribution in [0.4, 0.5) is 4.39 Å². The number of hydrogen-bond donors (Lipinski definition) is 2. The molecule has 0 aliphatic rings. The monoisotopic (exact) mass is 320 g/mol. The van der Waals surface area contributed by atoms with Gasteiger partial charge in [0.1, 0.15) is 5.82 Å². The number of halogens is 2. The Labute approximate surface area is 132 Å². The third-order valence-electron chi connectivity index (χ3n) is 2.89. The molecule has 0 bridgehead atoms. The molecule has 114 valence electrons. The van der Waals surface area contributed by atoms with Crippen LogP contribution in [0, 0.1) is 5.82 Å². The van der Waals surface area contributed by atoms with Crippen molar-refractivity contribution in [1.29, 1.82) is 0 Å². The summed E-state index contributed by atoms with van der Waals surface area (Å²) in [6, 6.07) is 11.8. The summed E-state index contributed by atoms with van der Waals surface area (Å²) in [5.41, 5.74) is 0.819. The first-order valence-corrected chi connectivity index (χ1v) is 7.01. The molecule has 0 radical (unpaired) electrons. The molecule has 0 heterocycles. The average Bonchev–Trinajstić information content (AvgIpc) is 2.51. The molecule has 0 atom stereocenters. The van der Waals surface area contributed by atoms with Crippen molar-refractivity contribution >= 4 is 23.4 Å². The molecule has 0 saturated carbocycles. The minimum absolute atomic E-state index is 0.265. The van der Waals surface area contributed by atoms with Gasteiger partial charge in [-0.3, -0.25) is 9.59 Å². The summed E-state index contributed by atoms with van der Waals surface area (Å²) in [5.74, 6) is -0.985. The number of nitrogens with one attached hydrogen (secondary N) is 2. The van der Waals surface area contributed by atoms with Gasteiger partial charge in [-0.05, 0) is 42.5 Å². The number of amides is 2. The number of hydrogen-bond acceptors (Lipinski definition) is 2. The van der Waals surface area contributed by atoms with Gasteiger partial charge in [-0.25, -0.2) is 4.39 Å². The summed E-state index contributed by atoms with van der Waals surface area (Å²) in [5, 5.41) is 5.79. The van der Waals surface area contributed by atoms with Crippen molar-refractivity contribution in [2.45, 2.75) is 0 Å². The second-order valence-electron chi connectivity index (χ2n) is 4.53. The van der Waals surface area contributed by atoms with Crippen LogP contribution in [0.5, 0.6) is 0 Å². The molecular formula is C16H14ClFN2O2. The Morgan fingerprint density at radius 2 is 1.50 bits per heavy atom. The Balaban J connectivity index is 1.76. The van der Waals surface area contributed by atoms with Crippen molar-refractivity contribution in [3.05, 3.63) is 70.5 Å². The standard InChI is InChI=1S/C16H14ClFN2O2/c17-13-3-1-2-12(10-13)16(22)20-9-8-19-15(21)11-4-6-14(18)7-5-11/h1-7,10H,8-9H2,(H,19,21)(H,20,22). The van der Waals surface area contributed by atoms with Gasteiger partial charge in [0.25, 0.3) is 11.8 Å². The predicted molar refractivity (Wildman–Crippen MR) is 82.5 cm³/mol. The Hall–Kier alpha value is -2.40. The lowest BCUT2D eigenvalue weighted by atomic mass is 10.2. The van der Waals surface area contributed by atoms with Gasteiger partial charge in [0.2, 0.25) is 0 Å². The zero-order valence-electron chi connectivity index (χ0n) is 11.6. The molecule has 0 unspecified atom stereocenters. The average molecular weight is 321 g/mol. The van der Waals surface area contributed by atoms with Gasteiger partial charge in [-0.2, -0.15) is 0 Å². The molecule has 0 aromatic heterocycles. The molecule has 2 aromatic rings. The third-order valence-corrected chi connectivity index (χ3v) is 3.12. The van der Waals surface area contributed by atoms with E-state index in [1.54, 1.807) is 24.3 Å². The van der Waals surface area contributed by atoms with Crippen LogP contribution in [-0.4, -0.2) is 24.9 Å². The van der Waals surface area contributed by atoms with Crippen LogP contribution < -0.4 is 10.6 Å². The van der Waals surface area contributed by atoms with Crippen molar-refractivity contribution in [2.24, 2.45) is 0 Å². The largest absolute Gasteiger partial charge is 0.350 e. The Bertz CT molecular complexity index is 674. The van der Waals surface area contributed by atoms with E-state index < -0.39 is 5.82 Å². The lowest BCUT2D eigenvalue weighted by Gasteiger charge is -2.07. The summed E-state index contributed by atoms with van der Waals surface area (Å²) >= 11 is 5.81. The lowest BCUT2D eigenvalue weighted by Crippen LogP contribution is -2.34. The first-order chi connectivity index (χ1) is 10.6. The second-order valence-corrected chi connectivity index (χ2v) is 4.97. The van der Waals surface area contributed by atoms with Gasteiger partial charge in [-0.15, -0.1) is 0 Å². The molecule has 2 amide bonds. The maximum Gasteiger partial charge on any atom is 0.251 e. The van der Waals surface area contributed by atoms with Crippen LogP contribution in [0.15, 0.2) is 48.5 Å². The number of benzene rings is 2. The molecular weight excluding hydrogens is 307 g/mol. The highest BCUT2D eigenvalue weighted by molar-refractivity contribution is 6.30. The van der Waals surface area contributed by atoms with Crippen molar-refractivity contribution in [3.63, 3.8) is 0 Å². The van der Waals surface area contributed by atoms with Gasteiger partial charge in [0.05, 0.1) is 0 Å². The first kappa shape index (κ1) is 16.0. The van der Waals surface area contributed by atoms with Crippen LogP contribution in [0.1, 0.15) is 20.7 Å². The van der Waals surface area contributed by atoms with Gasteiger partial charge in [-0.1, -0.05) is 17.7 Å². The predicted octanol–water partition coefficient (Wildman–Crippen LogP) is 2.64. The fourth-order valence-corrected chi connectivity index (χ4v) is 1.98. The smallest absolute Gasteiger partial charge is 0.251 e. The third kappa shape index (κ3) is 4.56. The van der Waals surface area contributed by atoms with Crippen LogP contribution in [-0.2, 0) is 0 Å². The van der Waals surface area contributed by atoms with E-state index in [4.69, 9.17) is 11.6 Å². The zero-order valence-corrected chi connectivity index (χ0v) is 12.4. The summed E-state index contributed by atoms with van der Waals surface area (Å²) in [6.45, 7) is 0.542. The van der Waals surface area contributed by atoms with E-state index in [1.807, 2.05) is 0 Å². The number of carbonyl (C=O) groups is 2. The van der Waals surface area contributed by atoms with Crippen LogP contribution >= 0.6 is 11.6 Å². The Morgan fingerprint density at radius 1 is 0.909 bits per heavy atom. The summed E-state index contributed by atoms with van der Waals surface area (Å²) in [4.78, 5) is 23.6. The maximum atomic E-state index is 12.7. The number of rotatable bonds is 5. The SMILES string of the molecule is O=C(NCCNC(=O)c1cccc(Cl)c1)c1ccc(F)cc1. The highest BCUT2D eigenvalue weighted by atomic mass is 35.5. The topological polar surface area (TPSA) is 58.2 Å². The molecule has 2 rings (SSSR count). The molecule has 6 heteroatoms. The summed E-state index contributed by atoms with van der Waals surface area (Å²) in [6.07, 6.45) is 0. The molecule has 22 heavy (non-hydrogen) atoms. The van der Waals surface area contributed by atoms with Crippen molar-refractivity contribution in [3.8, 4) is 0 Å². The van der Waals surface area contributed by atoms with Gasteiger partial charge in [0, 0.05) is 29.2 Å². The molecule has 2 N–H and O–H groups in total. The van der Waals surface area contributed by atoms with E-state index in [0.717, 1.165) is 0 Å². The molecule has 0 aliphatic carbocycles. The van der Waals surface area contributed by atoms with E-state index >= 15 is 0 Å². The van der Waals surface area contributed by atoms with Crippen molar-refractivity contribution in [2.75, 3.05) is 13.1 Å². The minimum Gasteiger partial charge on any atom is -0.350 e. The normalized spacial score (nSPS) is 10.1.